The lowest BCUT2D eigenvalue weighted by Crippen LogP contribution is -2.32. The molecule has 112 valence electrons. The molecule has 0 aliphatic heterocycles. The van der Waals surface area contributed by atoms with Crippen LogP contribution in [0.2, 0.25) is 0 Å². The summed E-state index contributed by atoms with van der Waals surface area (Å²) in [6, 6.07) is 8.27. The van der Waals surface area contributed by atoms with Gasteiger partial charge in [-0.1, -0.05) is 32.0 Å². The van der Waals surface area contributed by atoms with Gasteiger partial charge in [-0.25, -0.2) is 0 Å². The number of anilines is 1. The van der Waals surface area contributed by atoms with Crippen molar-refractivity contribution in [2.75, 3.05) is 39.0 Å². The SMILES string of the molecule is CC(C)c1ccccc1NCCC(=O)NCCN(C)C. The number of hydrogen-bond donors (Lipinski definition) is 2. The lowest BCUT2D eigenvalue weighted by atomic mass is 10.0. The second kappa shape index (κ2) is 8.59. The van der Waals surface area contributed by atoms with Gasteiger partial charge in [0.15, 0.2) is 0 Å². The number of hydrogen-bond acceptors (Lipinski definition) is 3. The fourth-order valence-electron chi connectivity index (χ4n) is 1.98. The Balaban J connectivity index is 2.32. The molecule has 1 aromatic rings. The van der Waals surface area contributed by atoms with Crippen molar-refractivity contribution in [3.63, 3.8) is 0 Å². The minimum absolute atomic E-state index is 0.0985. The Morgan fingerprint density at radius 3 is 2.55 bits per heavy atom. The van der Waals surface area contributed by atoms with Crippen LogP contribution >= 0.6 is 0 Å². The highest BCUT2D eigenvalue weighted by molar-refractivity contribution is 5.76. The van der Waals surface area contributed by atoms with E-state index >= 15 is 0 Å². The zero-order chi connectivity index (χ0) is 15.0. The lowest BCUT2D eigenvalue weighted by Gasteiger charge is -2.14. The van der Waals surface area contributed by atoms with Crippen LogP contribution in [0.4, 0.5) is 5.69 Å². The molecule has 0 heterocycles. The van der Waals surface area contributed by atoms with Crippen molar-refractivity contribution in [2.45, 2.75) is 26.2 Å². The molecule has 2 N–H and O–H groups in total. The van der Waals surface area contributed by atoms with Crippen LogP contribution in [0, 0.1) is 0 Å². The standard InChI is InChI=1S/C16H27N3O/c1-13(2)14-7-5-6-8-15(14)17-10-9-16(20)18-11-12-19(3)4/h5-8,13,17H,9-12H2,1-4H3,(H,18,20). The summed E-state index contributed by atoms with van der Waals surface area (Å²) in [6.07, 6.45) is 0.500. The molecule has 0 unspecified atom stereocenters. The van der Waals surface area contributed by atoms with E-state index in [-0.39, 0.29) is 5.91 Å². The van der Waals surface area contributed by atoms with Crippen LogP contribution in [0.25, 0.3) is 0 Å². The third kappa shape index (κ3) is 6.06. The first-order chi connectivity index (χ1) is 9.50. The van der Waals surface area contributed by atoms with Crippen molar-refractivity contribution in [3.05, 3.63) is 29.8 Å². The van der Waals surface area contributed by atoms with Gasteiger partial charge < -0.3 is 15.5 Å². The van der Waals surface area contributed by atoms with Crippen LogP contribution in [-0.4, -0.2) is 44.5 Å². The fourth-order valence-corrected chi connectivity index (χ4v) is 1.98. The molecule has 4 heteroatoms. The van der Waals surface area contributed by atoms with Crippen molar-refractivity contribution in [1.29, 1.82) is 0 Å². The molecule has 0 saturated carbocycles. The average Bonchev–Trinajstić information content (AvgIpc) is 2.38. The summed E-state index contributed by atoms with van der Waals surface area (Å²) >= 11 is 0. The summed E-state index contributed by atoms with van der Waals surface area (Å²) in [7, 11) is 3.99. The largest absolute Gasteiger partial charge is 0.384 e. The molecule has 20 heavy (non-hydrogen) atoms. The number of amides is 1. The Morgan fingerprint density at radius 2 is 1.90 bits per heavy atom. The van der Waals surface area contributed by atoms with Crippen molar-refractivity contribution in [3.8, 4) is 0 Å². The second-order valence-electron chi connectivity index (χ2n) is 5.57. The predicted molar refractivity (Wildman–Crippen MR) is 85.2 cm³/mol. The maximum atomic E-state index is 11.7. The maximum Gasteiger partial charge on any atom is 0.221 e. The molecule has 1 rings (SSSR count). The van der Waals surface area contributed by atoms with Crippen LogP contribution < -0.4 is 10.6 Å². The average molecular weight is 277 g/mol. The summed E-state index contributed by atoms with van der Waals surface area (Å²) in [6.45, 7) is 6.59. The highest BCUT2D eigenvalue weighted by Gasteiger charge is 2.06. The Labute approximate surface area is 122 Å². The van der Waals surface area contributed by atoms with E-state index in [4.69, 9.17) is 0 Å². The number of likely N-dealkylation sites (N-methyl/N-ethyl adjacent to an activating group) is 1. The van der Waals surface area contributed by atoms with E-state index in [9.17, 15) is 4.79 Å². The van der Waals surface area contributed by atoms with Gasteiger partial charge in [-0.2, -0.15) is 0 Å². The van der Waals surface area contributed by atoms with Gasteiger partial charge >= 0.3 is 0 Å². The number of para-hydroxylation sites is 1. The van der Waals surface area contributed by atoms with E-state index in [2.05, 4.69) is 47.6 Å². The van der Waals surface area contributed by atoms with E-state index in [1.165, 1.54) is 5.56 Å². The first-order valence-electron chi connectivity index (χ1n) is 7.25. The normalized spacial score (nSPS) is 10.9. The summed E-state index contributed by atoms with van der Waals surface area (Å²) < 4.78 is 0. The molecule has 0 aliphatic rings. The molecule has 0 atom stereocenters. The second-order valence-corrected chi connectivity index (χ2v) is 5.57. The van der Waals surface area contributed by atoms with Gasteiger partial charge in [0.25, 0.3) is 0 Å². The molecule has 0 aliphatic carbocycles. The summed E-state index contributed by atoms with van der Waals surface area (Å²) in [5.74, 6) is 0.578. The van der Waals surface area contributed by atoms with E-state index in [0.717, 1.165) is 12.2 Å². The van der Waals surface area contributed by atoms with Gasteiger partial charge in [0.1, 0.15) is 0 Å². The van der Waals surface area contributed by atoms with E-state index in [1.807, 2.05) is 20.2 Å². The molecule has 0 bridgehead atoms. The molecule has 0 aromatic heterocycles. The van der Waals surface area contributed by atoms with E-state index in [1.54, 1.807) is 0 Å². The molecule has 0 radical (unpaired) electrons. The maximum absolute atomic E-state index is 11.7. The number of rotatable bonds is 8. The quantitative estimate of drug-likeness (QED) is 0.766. The van der Waals surface area contributed by atoms with Gasteiger partial charge in [0, 0.05) is 31.7 Å². The first kappa shape index (κ1) is 16.5. The lowest BCUT2D eigenvalue weighted by molar-refractivity contribution is -0.120. The van der Waals surface area contributed by atoms with Gasteiger partial charge in [-0.05, 0) is 31.6 Å². The molecule has 1 aromatic carbocycles. The summed E-state index contributed by atoms with van der Waals surface area (Å²) in [4.78, 5) is 13.7. The predicted octanol–water partition coefficient (Wildman–Crippen LogP) is 2.29. The number of nitrogens with zero attached hydrogens (tertiary/aromatic N) is 1. The van der Waals surface area contributed by atoms with Crippen LogP contribution in [0.1, 0.15) is 31.7 Å². The van der Waals surface area contributed by atoms with Crippen LogP contribution in [0.3, 0.4) is 0 Å². The Bertz CT molecular complexity index is 416. The Hall–Kier alpha value is -1.55. The van der Waals surface area contributed by atoms with Crippen molar-refractivity contribution in [2.24, 2.45) is 0 Å². The van der Waals surface area contributed by atoms with Crippen LogP contribution in [-0.2, 0) is 4.79 Å². The molecule has 0 spiro atoms. The Morgan fingerprint density at radius 1 is 1.20 bits per heavy atom. The summed E-state index contributed by atoms with van der Waals surface area (Å²) in [5.41, 5.74) is 2.42. The zero-order valence-electron chi connectivity index (χ0n) is 13.1. The minimum atomic E-state index is 0.0985. The van der Waals surface area contributed by atoms with Crippen molar-refractivity contribution < 1.29 is 4.79 Å². The van der Waals surface area contributed by atoms with Crippen LogP contribution in [0.5, 0.6) is 0 Å². The Kier molecular flexibility index (Phi) is 7.09. The van der Waals surface area contributed by atoms with Crippen LogP contribution in [0.15, 0.2) is 24.3 Å². The molecule has 0 fully saturated rings. The minimum Gasteiger partial charge on any atom is -0.384 e. The molecular formula is C16H27N3O. The number of benzene rings is 1. The fraction of sp³-hybridized carbons (Fsp3) is 0.562. The van der Waals surface area contributed by atoms with Gasteiger partial charge in [0.05, 0.1) is 0 Å². The van der Waals surface area contributed by atoms with Crippen molar-refractivity contribution in [1.82, 2.24) is 10.2 Å². The molecule has 1 amide bonds. The first-order valence-corrected chi connectivity index (χ1v) is 7.25. The number of carbonyl (C=O) groups excluding carboxylic acids is 1. The highest BCUT2D eigenvalue weighted by Crippen LogP contribution is 2.23. The van der Waals surface area contributed by atoms with E-state index < -0.39 is 0 Å². The smallest absolute Gasteiger partial charge is 0.221 e. The summed E-state index contributed by atoms with van der Waals surface area (Å²) in [5, 5.41) is 6.27. The third-order valence-corrected chi connectivity index (χ3v) is 3.13. The number of carbonyl (C=O) groups is 1. The number of nitrogens with one attached hydrogen (secondary N) is 2. The van der Waals surface area contributed by atoms with Gasteiger partial charge in [-0.15, -0.1) is 0 Å². The van der Waals surface area contributed by atoms with Crippen molar-refractivity contribution >= 4 is 11.6 Å². The zero-order valence-corrected chi connectivity index (χ0v) is 13.1. The molecule has 0 saturated heterocycles. The van der Waals surface area contributed by atoms with E-state index in [0.29, 0.717) is 25.4 Å². The third-order valence-electron chi connectivity index (χ3n) is 3.13. The molecule has 4 nitrogen and oxygen atoms in total. The topological polar surface area (TPSA) is 44.4 Å². The monoisotopic (exact) mass is 277 g/mol. The molecular weight excluding hydrogens is 250 g/mol. The van der Waals surface area contributed by atoms with Gasteiger partial charge in [0.2, 0.25) is 5.91 Å². The van der Waals surface area contributed by atoms with Gasteiger partial charge in [-0.3, -0.25) is 4.79 Å². The highest BCUT2D eigenvalue weighted by atomic mass is 16.1.